The topological polar surface area (TPSA) is 54.9 Å². The van der Waals surface area contributed by atoms with Crippen LogP contribution in [0.25, 0.3) is 0 Å². The average molecular weight is 408 g/mol. The van der Waals surface area contributed by atoms with Crippen molar-refractivity contribution in [3.05, 3.63) is 77.9 Å². The van der Waals surface area contributed by atoms with E-state index in [1.807, 2.05) is 18.2 Å². The molecular formula is C25H33N3O2. The lowest BCUT2D eigenvalue weighted by atomic mass is 9.72. The van der Waals surface area contributed by atoms with E-state index in [4.69, 9.17) is 9.47 Å². The van der Waals surface area contributed by atoms with Gasteiger partial charge in [0.2, 0.25) is 0 Å². The normalized spacial score (nSPS) is 16.0. The fraction of sp³-hybridized carbons (Fsp3) is 0.400. The lowest BCUT2D eigenvalue weighted by Crippen LogP contribution is -2.48. The van der Waals surface area contributed by atoms with Gasteiger partial charge in [0.05, 0.1) is 0 Å². The molecule has 1 saturated heterocycles. The largest absolute Gasteiger partial charge is 0.489 e. The summed E-state index contributed by atoms with van der Waals surface area (Å²) in [4.78, 5) is 4.43. The van der Waals surface area contributed by atoms with Crippen molar-refractivity contribution in [1.82, 2.24) is 10.6 Å². The van der Waals surface area contributed by atoms with E-state index in [1.54, 1.807) is 13.1 Å². The van der Waals surface area contributed by atoms with Gasteiger partial charge in [0.15, 0.2) is 5.96 Å². The Hall–Kier alpha value is -2.79. The van der Waals surface area contributed by atoms with Gasteiger partial charge in [0.25, 0.3) is 0 Å². The molecule has 1 aliphatic rings. The summed E-state index contributed by atoms with van der Waals surface area (Å²) >= 11 is 0. The molecule has 0 spiro atoms. The van der Waals surface area contributed by atoms with Crippen LogP contribution < -0.4 is 15.4 Å². The van der Waals surface area contributed by atoms with Gasteiger partial charge in [-0.1, -0.05) is 55.1 Å². The molecule has 3 rings (SSSR count). The number of ether oxygens (including phenoxy) is 2. The smallest absolute Gasteiger partial charge is 0.191 e. The molecule has 0 amide bonds. The molecule has 1 aliphatic heterocycles. The van der Waals surface area contributed by atoms with Crippen LogP contribution in [0.5, 0.6) is 5.75 Å². The molecule has 0 unspecified atom stereocenters. The first-order valence-corrected chi connectivity index (χ1v) is 10.6. The Morgan fingerprint density at radius 3 is 2.60 bits per heavy atom. The third kappa shape index (κ3) is 5.42. The van der Waals surface area contributed by atoms with E-state index in [-0.39, 0.29) is 5.41 Å². The molecule has 5 nitrogen and oxygen atoms in total. The Bertz CT molecular complexity index is 857. The van der Waals surface area contributed by atoms with Crippen LogP contribution in [0.3, 0.4) is 0 Å². The molecule has 1 fully saturated rings. The number of guanidine groups is 1. The maximum Gasteiger partial charge on any atom is 0.191 e. The van der Waals surface area contributed by atoms with Crippen LogP contribution in [0.2, 0.25) is 0 Å². The Balaban J connectivity index is 1.67. The van der Waals surface area contributed by atoms with Gasteiger partial charge < -0.3 is 20.1 Å². The van der Waals surface area contributed by atoms with Gasteiger partial charge in [0.1, 0.15) is 12.4 Å². The number of aliphatic imine (C=N–C) groups is 1. The third-order valence-corrected chi connectivity index (χ3v) is 5.76. The molecule has 0 aliphatic carbocycles. The SMILES string of the molecule is C=CCOc1ccccc1CNC(=NC)NCC1(c2ccccc2C)CCOCC1. The molecule has 160 valence electrons. The number of benzene rings is 2. The van der Waals surface area contributed by atoms with E-state index in [9.17, 15) is 0 Å². The minimum Gasteiger partial charge on any atom is -0.489 e. The van der Waals surface area contributed by atoms with Crippen LogP contribution in [-0.2, 0) is 16.7 Å². The minimum absolute atomic E-state index is 0.0478. The second kappa shape index (κ2) is 10.8. The van der Waals surface area contributed by atoms with E-state index in [1.165, 1.54) is 11.1 Å². The summed E-state index contributed by atoms with van der Waals surface area (Å²) in [6.45, 7) is 9.43. The molecule has 2 N–H and O–H groups in total. The van der Waals surface area contributed by atoms with Gasteiger partial charge in [-0.3, -0.25) is 4.99 Å². The van der Waals surface area contributed by atoms with Gasteiger partial charge in [-0.2, -0.15) is 0 Å². The fourth-order valence-corrected chi connectivity index (χ4v) is 4.06. The van der Waals surface area contributed by atoms with Crippen molar-refractivity contribution in [2.24, 2.45) is 4.99 Å². The molecule has 0 atom stereocenters. The van der Waals surface area contributed by atoms with E-state index >= 15 is 0 Å². The van der Waals surface area contributed by atoms with Crippen LogP contribution in [0.4, 0.5) is 0 Å². The fourth-order valence-electron chi connectivity index (χ4n) is 4.06. The molecule has 1 heterocycles. The lowest BCUT2D eigenvalue weighted by molar-refractivity contribution is 0.0512. The van der Waals surface area contributed by atoms with Crippen LogP contribution in [0, 0.1) is 6.92 Å². The van der Waals surface area contributed by atoms with Crippen LogP contribution in [0.1, 0.15) is 29.5 Å². The first-order valence-electron chi connectivity index (χ1n) is 10.6. The predicted molar refractivity (Wildman–Crippen MR) is 123 cm³/mol. The third-order valence-electron chi connectivity index (χ3n) is 5.76. The van der Waals surface area contributed by atoms with Crippen molar-refractivity contribution in [2.75, 3.05) is 33.4 Å². The zero-order valence-electron chi connectivity index (χ0n) is 18.1. The van der Waals surface area contributed by atoms with Gasteiger partial charge >= 0.3 is 0 Å². The second-order valence-electron chi connectivity index (χ2n) is 7.69. The van der Waals surface area contributed by atoms with Gasteiger partial charge in [-0.15, -0.1) is 0 Å². The van der Waals surface area contributed by atoms with E-state index in [0.717, 1.165) is 49.9 Å². The number of hydrogen-bond acceptors (Lipinski definition) is 3. The molecule has 0 bridgehead atoms. The van der Waals surface area contributed by atoms with E-state index in [0.29, 0.717) is 13.2 Å². The highest BCUT2D eigenvalue weighted by Gasteiger charge is 2.35. The van der Waals surface area contributed by atoms with Crippen LogP contribution >= 0.6 is 0 Å². The zero-order valence-corrected chi connectivity index (χ0v) is 18.1. The highest BCUT2D eigenvalue weighted by molar-refractivity contribution is 5.79. The van der Waals surface area contributed by atoms with Crippen molar-refractivity contribution in [3.63, 3.8) is 0 Å². The Labute approximate surface area is 180 Å². The molecular weight excluding hydrogens is 374 g/mol. The van der Waals surface area contributed by atoms with Gasteiger partial charge in [0, 0.05) is 44.3 Å². The predicted octanol–water partition coefficient (Wildman–Crippen LogP) is 3.97. The first kappa shape index (κ1) is 21.9. The monoisotopic (exact) mass is 407 g/mol. The number of aryl methyl sites for hydroxylation is 1. The summed E-state index contributed by atoms with van der Waals surface area (Å²) in [5, 5.41) is 6.99. The van der Waals surface area contributed by atoms with E-state index in [2.05, 4.69) is 59.5 Å². The number of hydrogen-bond donors (Lipinski definition) is 2. The highest BCUT2D eigenvalue weighted by atomic mass is 16.5. The Morgan fingerprint density at radius 1 is 1.13 bits per heavy atom. The molecule has 0 saturated carbocycles. The molecule has 2 aromatic carbocycles. The summed E-state index contributed by atoms with van der Waals surface area (Å²) in [6.07, 6.45) is 3.75. The molecule has 2 aromatic rings. The van der Waals surface area contributed by atoms with Crippen molar-refractivity contribution >= 4 is 5.96 Å². The van der Waals surface area contributed by atoms with Crippen LogP contribution in [-0.4, -0.2) is 39.4 Å². The Kier molecular flexibility index (Phi) is 7.91. The maximum atomic E-state index is 5.76. The summed E-state index contributed by atoms with van der Waals surface area (Å²) < 4.78 is 11.4. The lowest BCUT2D eigenvalue weighted by Gasteiger charge is -2.39. The molecule has 5 heteroatoms. The Morgan fingerprint density at radius 2 is 1.87 bits per heavy atom. The quantitative estimate of drug-likeness (QED) is 0.395. The molecule has 0 aromatic heterocycles. The highest BCUT2D eigenvalue weighted by Crippen LogP contribution is 2.36. The van der Waals surface area contributed by atoms with Crippen molar-refractivity contribution < 1.29 is 9.47 Å². The number of nitrogens with zero attached hydrogens (tertiary/aromatic N) is 1. The molecule has 30 heavy (non-hydrogen) atoms. The average Bonchev–Trinajstić information content (AvgIpc) is 2.79. The van der Waals surface area contributed by atoms with Crippen molar-refractivity contribution in [1.29, 1.82) is 0 Å². The molecule has 0 radical (unpaired) electrons. The number of para-hydroxylation sites is 1. The zero-order chi connectivity index (χ0) is 21.2. The summed E-state index contributed by atoms with van der Waals surface area (Å²) in [5.74, 6) is 1.65. The van der Waals surface area contributed by atoms with Crippen molar-refractivity contribution in [2.45, 2.75) is 31.7 Å². The second-order valence-corrected chi connectivity index (χ2v) is 7.69. The number of nitrogens with one attached hydrogen (secondary N) is 2. The summed E-state index contributed by atoms with van der Waals surface area (Å²) in [7, 11) is 1.81. The van der Waals surface area contributed by atoms with Gasteiger partial charge in [-0.25, -0.2) is 0 Å². The first-order chi connectivity index (χ1) is 14.7. The maximum absolute atomic E-state index is 5.76. The minimum atomic E-state index is 0.0478. The van der Waals surface area contributed by atoms with E-state index < -0.39 is 0 Å². The van der Waals surface area contributed by atoms with Gasteiger partial charge in [-0.05, 0) is 37.0 Å². The van der Waals surface area contributed by atoms with Crippen molar-refractivity contribution in [3.8, 4) is 5.75 Å². The van der Waals surface area contributed by atoms with Crippen LogP contribution in [0.15, 0.2) is 66.2 Å². The summed E-state index contributed by atoms with van der Waals surface area (Å²) in [5.41, 5.74) is 3.87. The summed E-state index contributed by atoms with van der Waals surface area (Å²) in [6, 6.07) is 16.7. The number of rotatable bonds is 8. The standard InChI is InChI=1S/C25H33N3O2/c1-4-15-30-23-12-8-6-10-21(23)18-27-24(26-3)28-19-25(13-16-29-17-14-25)22-11-7-5-9-20(22)2/h4-12H,1,13-19H2,2-3H3,(H2,26,27,28).